The van der Waals surface area contributed by atoms with Crippen LogP contribution < -0.4 is 15.1 Å². The Kier molecular flexibility index (Phi) is 5.76. The average molecular weight is 465 g/mol. The molecule has 0 saturated heterocycles. The number of nitrogens with one attached hydrogen (secondary N) is 1. The molecule has 2 aliphatic heterocycles. The lowest BCUT2D eigenvalue weighted by Gasteiger charge is -2.24. The zero-order chi connectivity index (χ0) is 24.0. The smallest absolute Gasteiger partial charge is 0.260 e. The van der Waals surface area contributed by atoms with Crippen molar-refractivity contribution in [1.82, 2.24) is 30.0 Å². The predicted octanol–water partition coefficient (Wildman–Crippen LogP) is 2.92. The monoisotopic (exact) mass is 464 g/mol. The number of carbonyl (C=O) groups excluding carboxylic acids is 1. The van der Waals surface area contributed by atoms with Crippen molar-refractivity contribution in [2.75, 3.05) is 30.6 Å². The van der Waals surface area contributed by atoms with Gasteiger partial charge in [-0.25, -0.2) is 14.4 Å². The molecule has 5 heterocycles. The predicted molar refractivity (Wildman–Crippen MR) is 128 cm³/mol. The minimum Gasteiger partial charge on any atom is -0.357 e. The SMILES string of the molecule is CNCc1nc(N(C)C(C)C)cc2c1CN(c1cccc(-c3nnc4n3[C@H](CF)CC4)n1)C2=O. The van der Waals surface area contributed by atoms with E-state index in [-0.39, 0.29) is 18.0 Å². The first-order chi connectivity index (χ1) is 16.4. The van der Waals surface area contributed by atoms with Gasteiger partial charge in [0.1, 0.15) is 29.8 Å². The average Bonchev–Trinajstić information content (AvgIpc) is 3.53. The van der Waals surface area contributed by atoms with E-state index in [1.165, 1.54) is 0 Å². The van der Waals surface area contributed by atoms with E-state index in [9.17, 15) is 9.18 Å². The fourth-order valence-corrected chi connectivity index (χ4v) is 4.62. The molecule has 5 rings (SSSR count). The van der Waals surface area contributed by atoms with E-state index in [1.54, 1.807) is 4.90 Å². The number of hydrogen-bond acceptors (Lipinski definition) is 7. The van der Waals surface area contributed by atoms with Crippen molar-refractivity contribution in [2.24, 2.45) is 0 Å². The Morgan fingerprint density at radius 3 is 2.82 bits per heavy atom. The van der Waals surface area contributed by atoms with Crippen LogP contribution in [0.3, 0.4) is 0 Å². The summed E-state index contributed by atoms with van der Waals surface area (Å²) in [5.74, 6) is 2.51. The highest BCUT2D eigenvalue weighted by molar-refractivity contribution is 6.10. The number of nitrogens with zero attached hydrogens (tertiary/aromatic N) is 7. The van der Waals surface area contributed by atoms with Crippen LogP contribution in [-0.4, -0.2) is 57.5 Å². The number of anilines is 2. The van der Waals surface area contributed by atoms with Crippen LogP contribution in [0.15, 0.2) is 24.3 Å². The second-order valence-electron chi connectivity index (χ2n) is 9.12. The van der Waals surface area contributed by atoms with Gasteiger partial charge in [-0.1, -0.05) is 6.07 Å². The van der Waals surface area contributed by atoms with E-state index in [4.69, 9.17) is 9.97 Å². The van der Waals surface area contributed by atoms with Crippen LogP contribution in [-0.2, 0) is 19.5 Å². The molecule has 1 atom stereocenters. The number of aromatic nitrogens is 5. The second-order valence-corrected chi connectivity index (χ2v) is 9.12. The maximum Gasteiger partial charge on any atom is 0.260 e. The van der Waals surface area contributed by atoms with Crippen LogP contribution in [0.4, 0.5) is 16.0 Å². The Bertz CT molecular complexity index is 1240. The van der Waals surface area contributed by atoms with Gasteiger partial charge in [0.2, 0.25) is 0 Å². The van der Waals surface area contributed by atoms with Crippen LogP contribution in [0.5, 0.6) is 0 Å². The van der Waals surface area contributed by atoms with Crippen molar-refractivity contribution in [1.29, 1.82) is 0 Å². The number of pyridine rings is 2. The maximum atomic E-state index is 13.6. The molecule has 0 radical (unpaired) electrons. The van der Waals surface area contributed by atoms with Gasteiger partial charge in [0.05, 0.1) is 23.8 Å². The van der Waals surface area contributed by atoms with Crippen molar-refractivity contribution in [3.8, 4) is 11.5 Å². The third-order valence-electron chi connectivity index (χ3n) is 6.72. The number of amides is 1. The lowest BCUT2D eigenvalue weighted by atomic mass is 10.1. The fraction of sp³-hybridized carbons (Fsp3) is 0.458. The molecule has 1 N–H and O–H groups in total. The van der Waals surface area contributed by atoms with Gasteiger partial charge in [-0.2, -0.15) is 0 Å². The molecular formula is C24H29FN8O. The number of fused-ring (bicyclic) bond motifs is 2. The van der Waals surface area contributed by atoms with E-state index in [2.05, 4.69) is 34.3 Å². The number of aryl methyl sites for hydroxylation is 1. The van der Waals surface area contributed by atoms with Gasteiger partial charge in [0.25, 0.3) is 5.91 Å². The minimum atomic E-state index is -0.466. The summed E-state index contributed by atoms with van der Waals surface area (Å²) in [6, 6.07) is 7.34. The van der Waals surface area contributed by atoms with Crippen molar-refractivity contribution in [2.45, 2.75) is 51.9 Å². The number of rotatable bonds is 7. The first kappa shape index (κ1) is 22.4. The van der Waals surface area contributed by atoms with Crippen molar-refractivity contribution < 1.29 is 9.18 Å². The molecule has 0 aliphatic carbocycles. The molecule has 0 bridgehead atoms. The Balaban J connectivity index is 1.51. The normalized spacial score (nSPS) is 16.9. The number of hydrogen-bond donors (Lipinski definition) is 1. The summed E-state index contributed by atoms with van der Waals surface area (Å²) < 4.78 is 15.4. The van der Waals surface area contributed by atoms with E-state index in [0.29, 0.717) is 48.8 Å². The van der Waals surface area contributed by atoms with E-state index in [0.717, 1.165) is 22.9 Å². The van der Waals surface area contributed by atoms with Crippen LogP contribution in [0.2, 0.25) is 0 Å². The van der Waals surface area contributed by atoms with Crippen LogP contribution >= 0.6 is 0 Å². The zero-order valence-corrected chi connectivity index (χ0v) is 19.9. The summed E-state index contributed by atoms with van der Waals surface area (Å²) in [5, 5.41) is 11.7. The van der Waals surface area contributed by atoms with Gasteiger partial charge in [-0.05, 0) is 45.5 Å². The Labute approximate surface area is 198 Å². The molecular weight excluding hydrogens is 435 g/mol. The first-order valence-electron chi connectivity index (χ1n) is 11.6. The molecule has 34 heavy (non-hydrogen) atoms. The minimum absolute atomic E-state index is 0.106. The summed E-state index contributed by atoms with van der Waals surface area (Å²) in [7, 11) is 3.85. The highest BCUT2D eigenvalue weighted by atomic mass is 19.1. The zero-order valence-electron chi connectivity index (χ0n) is 19.9. The Morgan fingerprint density at radius 2 is 2.09 bits per heavy atom. The summed E-state index contributed by atoms with van der Waals surface area (Å²) in [4.78, 5) is 26.8. The molecule has 178 valence electrons. The number of alkyl halides is 1. The number of halogens is 1. The highest BCUT2D eigenvalue weighted by Gasteiger charge is 2.34. The van der Waals surface area contributed by atoms with Crippen LogP contribution in [0, 0.1) is 0 Å². The first-order valence-corrected chi connectivity index (χ1v) is 11.6. The third-order valence-corrected chi connectivity index (χ3v) is 6.72. The molecule has 2 aliphatic rings. The Morgan fingerprint density at radius 1 is 1.26 bits per heavy atom. The van der Waals surface area contributed by atoms with Gasteiger partial charge in [-0.3, -0.25) is 9.69 Å². The summed E-state index contributed by atoms with van der Waals surface area (Å²) in [5.41, 5.74) is 2.99. The number of carbonyl (C=O) groups is 1. The van der Waals surface area contributed by atoms with E-state index < -0.39 is 6.67 Å². The highest BCUT2D eigenvalue weighted by Crippen LogP contribution is 2.34. The largest absolute Gasteiger partial charge is 0.357 e. The molecule has 10 heteroatoms. The topological polar surface area (TPSA) is 92.1 Å². The summed E-state index contributed by atoms with van der Waals surface area (Å²) >= 11 is 0. The molecule has 0 unspecified atom stereocenters. The lowest BCUT2D eigenvalue weighted by molar-refractivity contribution is 0.0996. The van der Waals surface area contributed by atoms with Gasteiger partial charge in [0, 0.05) is 31.6 Å². The fourth-order valence-electron chi connectivity index (χ4n) is 4.62. The third kappa shape index (κ3) is 3.62. The summed E-state index contributed by atoms with van der Waals surface area (Å²) in [6.07, 6.45) is 1.41. The molecule has 3 aromatic heterocycles. The van der Waals surface area contributed by atoms with Gasteiger partial charge in [0.15, 0.2) is 5.82 Å². The second kappa shape index (κ2) is 8.75. The van der Waals surface area contributed by atoms with Crippen molar-refractivity contribution in [3.63, 3.8) is 0 Å². The van der Waals surface area contributed by atoms with Crippen LogP contribution in [0.25, 0.3) is 11.5 Å². The standard InChI is InChI=1S/C24H29FN8O/c1-14(2)31(4)22-10-16-17(19(28-22)12-26-3)13-32(24(16)34)20-7-5-6-18(27-20)23-30-29-21-9-8-15(11-25)33(21)23/h5-7,10,14-15,26H,8-9,11-13H2,1-4H3/t15-/m0/s1. The molecule has 0 saturated carbocycles. The molecule has 9 nitrogen and oxygen atoms in total. The van der Waals surface area contributed by atoms with Crippen molar-refractivity contribution in [3.05, 3.63) is 46.9 Å². The maximum absolute atomic E-state index is 13.6. The van der Waals surface area contributed by atoms with Gasteiger partial charge >= 0.3 is 0 Å². The quantitative estimate of drug-likeness (QED) is 0.575. The van der Waals surface area contributed by atoms with E-state index in [1.807, 2.05) is 42.9 Å². The Hall–Kier alpha value is -3.40. The molecule has 0 spiro atoms. The molecule has 3 aromatic rings. The van der Waals surface area contributed by atoms with E-state index >= 15 is 0 Å². The lowest BCUT2D eigenvalue weighted by Crippen LogP contribution is -2.27. The van der Waals surface area contributed by atoms with Crippen molar-refractivity contribution >= 4 is 17.5 Å². The van der Waals surface area contributed by atoms with Crippen LogP contribution in [0.1, 0.15) is 53.7 Å². The molecule has 1 amide bonds. The molecule has 0 fully saturated rings. The van der Waals surface area contributed by atoms with Gasteiger partial charge < -0.3 is 14.8 Å². The van der Waals surface area contributed by atoms with Gasteiger partial charge in [-0.15, -0.1) is 10.2 Å². The summed E-state index contributed by atoms with van der Waals surface area (Å²) in [6.45, 7) is 4.67. The molecule has 0 aromatic carbocycles.